The highest BCUT2D eigenvalue weighted by Crippen LogP contribution is 2.28. The molecule has 3 heteroatoms. The average molecular weight is 234 g/mol. The molecule has 0 amide bonds. The van der Waals surface area contributed by atoms with Gasteiger partial charge in [-0.05, 0) is 49.0 Å². The van der Waals surface area contributed by atoms with Crippen LogP contribution in [0.1, 0.15) is 27.2 Å². The summed E-state index contributed by atoms with van der Waals surface area (Å²) < 4.78 is 0. The predicted molar refractivity (Wildman–Crippen MR) is 66.5 cm³/mol. The molecule has 0 spiro atoms. The molecule has 1 aliphatic rings. The van der Waals surface area contributed by atoms with Gasteiger partial charge in [0.1, 0.15) is 12.4 Å². The van der Waals surface area contributed by atoms with Gasteiger partial charge in [-0.3, -0.25) is 9.59 Å². The van der Waals surface area contributed by atoms with Gasteiger partial charge in [-0.15, -0.1) is 0 Å². The van der Waals surface area contributed by atoms with Gasteiger partial charge in [0.15, 0.2) is 5.78 Å². The minimum Gasteiger partial charge on any atom is -0.385 e. The van der Waals surface area contributed by atoms with Crippen molar-refractivity contribution < 1.29 is 14.7 Å². The maximum Gasteiger partial charge on any atom is 0.187 e. The predicted octanol–water partition coefficient (Wildman–Crippen LogP) is 1.97. The zero-order valence-corrected chi connectivity index (χ0v) is 10.4. The molecule has 0 aliphatic heterocycles. The maximum absolute atomic E-state index is 11.6. The molecule has 2 atom stereocenters. The number of aliphatic hydroxyl groups excluding tert-OH is 1. The molecule has 1 N–H and O–H groups in total. The van der Waals surface area contributed by atoms with E-state index in [9.17, 15) is 14.7 Å². The molecule has 0 aromatic carbocycles. The van der Waals surface area contributed by atoms with Gasteiger partial charge < -0.3 is 5.11 Å². The van der Waals surface area contributed by atoms with Crippen molar-refractivity contribution in [3.63, 3.8) is 0 Å². The highest BCUT2D eigenvalue weighted by molar-refractivity contribution is 6.00. The number of rotatable bonds is 3. The van der Waals surface area contributed by atoms with Crippen molar-refractivity contribution in [1.82, 2.24) is 0 Å². The van der Waals surface area contributed by atoms with Gasteiger partial charge in [0.05, 0.1) is 0 Å². The lowest BCUT2D eigenvalue weighted by atomic mass is 9.81. The first-order chi connectivity index (χ1) is 7.97. The summed E-state index contributed by atoms with van der Waals surface area (Å²) in [5, 5.41) is 9.53. The van der Waals surface area contributed by atoms with Crippen molar-refractivity contribution in [2.45, 2.75) is 33.3 Å². The Labute approximate surface area is 102 Å². The minimum absolute atomic E-state index is 0.156. The Morgan fingerprint density at radius 2 is 2.12 bits per heavy atom. The number of allylic oxidation sites excluding steroid dienone is 5. The van der Waals surface area contributed by atoms with Gasteiger partial charge in [-0.1, -0.05) is 19.1 Å². The molecule has 0 fully saturated rings. The number of hydrogen-bond donors (Lipinski definition) is 1. The molecule has 1 rings (SSSR count). The summed E-state index contributed by atoms with van der Waals surface area (Å²) in [6.07, 6.45) is 5.48. The molecule has 0 aromatic heterocycles. The van der Waals surface area contributed by atoms with E-state index >= 15 is 0 Å². The molecule has 2 unspecified atom stereocenters. The average Bonchev–Trinajstić information content (AvgIpc) is 2.26. The summed E-state index contributed by atoms with van der Waals surface area (Å²) in [5.41, 5.74) is 2.40. The smallest absolute Gasteiger partial charge is 0.187 e. The van der Waals surface area contributed by atoms with Crippen LogP contribution in [0.15, 0.2) is 34.9 Å². The summed E-state index contributed by atoms with van der Waals surface area (Å²) in [6, 6.07) is 0. The molecular weight excluding hydrogens is 216 g/mol. The number of carbonyl (C=O) groups excluding carboxylic acids is 2. The standard InChI is InChI=1S/C14H18O3/c1-9(6-7-15)4-5-12-10(2)8-13(16)14(17)11(12)3/h4-7,10,13,16H,8H2,1-3H3/b5-4+,9-6-. The molecule has 92 valence electrons. The van der Waals surface area contributed by atoms with Crippen LogP contribution in [-0.4, -0.2) is 23.3 Å². The summed E-state index contributed by atoms with van der Waals surface area (Å²) in [4.78, 5) is 21.9. The summed E-state index contributed by atoms with van der Waals surface area (Å²) in [7, 11) is 0. The van der Waals surface area contributed by atoms with E-state index in [4.69, 9.17) is 0 Å². The molecule has 0 saturated heterocycles. The van der Waals surface area contributed by atoms with Crippen LogP contribution in [0.4, 0.5) is 0 Å². The van der Waals surface area contributed by atoms with Crippen molar-refractivity contribution in [2.75, 3.05) is 0 Å². The monoisotopic (exact) mass is 234 g/mol. The number of ketones is 1. The van der Waals surface area contributed by atoms with E-state index in [0.717, 1.165) is 17.4 Å². The van der Waals surface area contributed by atoms with Gasteiger partial charge in [-0.25, -0.2) is 0 Å². The van der Waals surface area contributed by atoms with Gasteiger partial charge >= 0.3 is 0 Å². The summed E-state index contributed by atoms with van der Waals surface area (Å²) >= 11 is 0. The van der Waals surface area contributed by atoms with Crippen molar-refractivity contribution >= 4 is 12.1 Å². The molecule has 0 bridgehead atoms. The lowest BCUT2D eigenvalue weighted by molar-refractivity contribution is -0.124. The fourth-order valence-electron chi connectivity index (χ4n) is 2.00. The zero-order valence-electron chi connectivity index (χ0n) is 10.4. The van der Waals surface area contributed by atoms with Crippen LogP contribution in [0, 0.1) is 5.92 Å². The highest BCUT2D eigenvalue weighted by atomic mass is 16.3. The first-order valence-electron chi connectivity index (χ1n) is 5.70. The van der Waals surface area contributed by atoms with Gasteiger partial charge in [-0.2, -0.15) is 0 Å². The second-order valence-corrected chi connectivity index (χ2v) is 4.48. The van der Waals surface area contributed by atoms with Crippen molar-refractivity contribution in [2.24, 2.45) is 5.92 Å². The fraction of sp³-hybridized carbons (Fsp3) is 0.429. The third-order valence-corrected chi connectivity index (χ3v) is 3.07. The number of aliphatic hydroxyl groups is 1. The SMILES string of the molecule is CC1=C(/C=C/C(C)=C\C=O)C(C)CC(O)C1=O. The molecule has 0 radical (unpaired) electrons. The Morgan fingerprint density at radius 1 is 1.47 bits per heavy atom. The Morgan fingerprint density at radius 3 is 2.71 bits per heavy atom. The van der Waals surface area contributed by atoms with E-state index < -0.39 is 6.10 Å². The van der Waals surface area contributed by atoms with E-state index in [1.54, 1.807) is 6.92 Å². The number of Topliss-reactive ketones (excluding diaryl/α,β-unsaturated/α-hetero) is 1. The van der Waals surface area contributed by atoms with Crippen LogP contribution in [0.2, 0.25) is 0 Å². The molecule has 0 heterocycles. The van der Waals surface area contributed by atoms with Gasteiger partial charge in [0, 0.05) is 0 Å². The van der Waals surface area contributed by atoms with Gasteiger partial charge in [0.2, 0.25) is 0 Å². The number of carbonyl (C=O) groups is 2. The quantitative estimate of drug-likeness (QED) is 0.461. The fourth-order valence-corrected chi connectivity index (χ4v) is 2.00. The minimum atomic E-state index is -0.867. The van der Waals surface area contributed by atoms with E-state index in [1.807, 2.05) is 26.0 Å². The Hall–Kier alpha value is -1.48. The lowest BCUT2D eigenvalue weighted by Gasteiger charge is -2.25. The van der Waals surface area contributed by atoms with Crippen LogP contribution in [0.3, 0.4) is 0 Å². The van der Waals surface area contributed by atoms with Crippen LogP contribution >= 0.6 is 0 Å². The summed E-state index contributed by atoms with van der Waals surface area (Å²) in [6.45, 7) is 5.54. The van der Waals surface area contributed by atoms with E-state index in [1.165, 1.54) is 6.08 Å². The molecule has 0 aromatic rings. The van der Waals surface area contributed by atoms with E-state index in [0.29, 0.717) is 12.0 Å². The van der Waals surface area contributed by atoms with Crippen LogP contribution in [-0.2, 0) is 9.59 Å². The van der Waals surface area contributed by atoms with Crippen molar-refractivity contribution in [1.29, 1.82) is 0 Å². The second-order valence-electron chi connectivity index (χ2n) is 4.48. The third-order valence-electron chi connectivity index (χ3n) is 3.07. The largest absolute Gasteiger partial charge is 0.385 e. The lowest BCUT2D eigenvalue weighted by Crippen LogP contribution is -2.30. The zero-order chi connectivity index (χ0) is 13.0. The number of hydrogen-bond acceptors (Lipinski definition) is 3. The molecular formula is C14H18O3. The third kappa shape index (κ3) is 3.24. The molecule has 1 aliphatic carbocycles. The van der Waals surface area contributed by atoms with Crippen LogP contribution in [0.25, 0.3) is 0 Å². The van der Waals surface area contributed by atoms with Crippen molar-refractivity contribution in [3.8, 4) is 0 Å². The Kier molecular flexibility index (Phi) is 4.58. The molecule has 17 heavy (non-hydrogen) atoms. The van der Waals surface area contributed by atoms with Gasteiger partial charge in [0.25, 0.3) is 0 Å². The van der Waals surface area contributed by atoms with Crippen LogP contribution < -0.4 is 0 Å². The molecule has 0 saturated carbocycles. The maximum atomic E-state index is 11.6. The van der Waals surface area contributed by atoms with E-state index in [-0.39, 0.29) is 11.7 Å². The van der Waals surface area contributed by atoms with Crippen LogP contribution in [0.5, 0.6) is 0 Å². The topological polar surface area (TPSA) is 54.4 Å². The normalized spacial score (nSPS) is 26.8. The Bertz CT molecular complexity index is 413. The van der Waals surface area contributed by atoms with E-state index in [2.05, 4.69) is 0 Å². The summed E-state index contributed by atoms with van der Waals surface area (Å²) in [5.74, 6) is -0.0391. The number of aldehydes is 1. The molecule has 3 nitrogen and oxygen atoms in total. The second kappa shape index (κ2) is 5.73. The Balaban J connectivity index is 2.99. The van der Waals surface area contributed by atoms with Crippen molar-refractivity contribution in [3.05, 3.63) is 34.9 Å². The first kappa shape index (κ1) is 13.6. The first-order valence-corrected chi connectivity index (χ1v) is 5.70. The highest BCUT2D eigenvalue weighted by Gasteiger charge is 2.28.